The van der Waals surface area contributed by atoms with Crippen LogP contribution < -0.4 is 5.32 Å². The Balaban J connectivity index is 2.59. The highest BCUT2D eigenvalue weighted by Gasteiger charge is 2.30. The minimum atomic E-state index is -3.26. The van der Waals surface area contributed by atoms with E-state index in [1.807, 2.05) is 13.0 Å². The molecule has 1 aromatic carbocycles. The number of rotatable bonds is 2. The Morgan fingerprint density at radius 1 is 1.50 bits per heavy atom. The van der Waals surface area contributed by atoms with Gasteiger partial charge in [0.15, 0.2) is 9.84 Å². The lowest BCUT2D eigenvalue weighted by atomic mass is 10.1. The predicted molar refractivity (Wildman–Crippen MR) is 62.4 cm³/mol. The maximum absolute atomic E-state index is 12.0. The number of aliphatic hydroxyl groups excluding tert-OH is 1. The van der Waals surface area contributed by atoms with Crippen LogP contribution in [0.5, 0.6) is 0 Å². The summed E-state index contributed by atoms with van der Waals surface area (Å²) in [5, 5.41) is 12.2. The molecular formula is C11H15NO3S. The lowest BCUT2D eigenvalue weighted by Crippen LogP contribution is -2.37. The van der Waals surface area contributed by atoms with E-state index in [1.54, 1.807) is 12.1 Å². The third-order valence-corrected chi connectivity index (χ3v) is 4.67. The maximum Gasteiger partial charge on any atom is 0.182 e. The molecule has 1 aromatic rings. The number of para-hydroxylation sites is 1. The fourth-order valence-electron chi connectivity index (χ4n) is 1.99. The molecule has 0 spiro atoms. The maximum atomic E-state index is 12.0. The van der Waals surface area contributed by atoms with E-state index >= 15 is 0 Å². The van der Waals surface area contributed by atoms with Gasteiger partial charge in [-0.1, -0.05) is 19.1 Å². The zero-order valence-electron chi connectivity index (χ0n) is 9.10. The van der Waals surface area contributed by atoms with Crippen LogP contribution in [-0.2, 0) is 16.3 Å². The van der Waals surface area contributed by atoms with Crippen molar-refractivity contribution >= 4 is 15.5 Å². The second-order valence-corrected chi connectivity index (χ2v) is 5.95. The largest absolute Gasteiger partial charge is 0.394 e. The fraction of sp³-hybridized carbons (Fsp3) is 0.455. The molecule has 5 heteroatoms. The molecule has 1 aliphatic rings. The van der Waals surface area contributed by atoms with E-state index in [4.69, 9.17) is 5.11 Å². The first-order valence-corrected chi connectivity index (χ1v) is 6.95. The summed E-state index contributed by atoms with van der Waals surface area (Å²) in [7, 11) is -3.26. The summed E-state index contributed by atoms with van der Waals surface area (Å²) in [5.41, 5.74) is 1.63. The van der Waals surface area contributed by atoms with Crippen LogP contribution in [0.15, 0.2) is 23.1 Å². The average molecular weight is 241 g/mol. The van der Waals surface area contributed by atoms with Crippen molar-refractivity contribution in [1.82, 2.24) is 0 Å². The Morgan fingerprint density at radius 2 is 2.25 bits per heavy atom. The third kappa shape index (κ3) is 1.81. The summed E-state index contributed by atoms with van der Waals surface area (Å²) < 4.78 is 23.9. The highest BCUT2D eigenvalue weighted by Crippen LogP contribution is 2.31. The van der Waals surface area contributed by atoms with Gasteiger partial charge in [-0.2, -0.15) is 0 Å². The van der Waals surface area contributed by atoms with Crippen LogP contribution in [0, 0.1) is 0 Å². The minimum Gasteiger partial charge on any atom is -0.394 e. The number of fused-ring (bicyclic) bond motifs is 1. The van der Waals surface area contributed by atoms with Crippen molar-refractivity contribution in [3.63, 3.8) is 0 Å². The van der Waals surface area contributed by atoms with Gasteiger partial charge in [-0.05, 0) is 18.1 Å². The van der Waals surface area contributed by atoms with E-state index in [-0.39, 0.29) is 12.4 Å². The van der Waals surface area contributed by atoms with Gasteiger partial charge in [0.05, 0.1) is 29.0 Å². The van der Waals surface area contributed by atoms with Gasteiger partial charge in [0.2, 0.25) is 0 Å². The van der Waals surface area contributed by atoms with Gasteiger partial charge in [-0.15, -0.1) is 0 Å². The van der Waals surface area contributed by atoms with Crippen molar-refractivity contribution < 1.29 is 13.5 Å². The van der Waals surface area contributed by atoms with Gasteiger partial charge in [0.25, 0.3) is 0 Å². The Morgan fingerprint density at radius 3 is 2.88 bits per heavy atom. The van der Waals surface area contributed by atoms with Crippen molar-refractivity contribution in [3.8, 4) is 0 Å². The smallest absolute Gasteiger partial charge is 0.182 e. The van der Waals surface area contributed by atoms with Gasteiger partial charge < -0.3 is 10.4 Å². The number of aliphatic hydroxyl groups is 1. The van der Waals surface area contributed by atoms with Crippen molar-refractivity contribution in [2.45, 2.75) is 24.3 Å². The van der Waals surface area contributed by atoms with E-state index in [9.17, 15) is 8.42 Å². The first kappa shape index (κ1) is 11.4. The molecule has 1 heterocycles. The molecule has 0 fully saturated rings. The number of aryl methyl sites for hydroxylation is 1. The van der Waals surface area contributed by atoms with Gasteiger partial charge in [0.1, 0.15) is 0 Å². The van der Waals surface area contributed by atoms with E-state index < -0.39 is 15.9 Å². The van der Waals surface area contributed by atoms with E-state index in [0.717, 1.165) is 12.0 Å². The molecule has 88 valence electrons. The van der Waals surface area contributed by atoms with Crippen molar-refractivity contribution in [2.24, 2.45) is 0 Å². The fourth-order valence-corrected chi connectivity index (χ4v) is 3.68. The van der Waals surface area contributed by atoms with E-state index in [0.29, 0.717) is 10.6 Å². The Kier molecular flexibility index (Phi) is 2.90. The number of hydrogen-bond donors (Lipinski definition) is 2. The first-order valence-electron chi connectivity index (χ1n) is 5.30. The molecule has 1 unspecified atom stereocenters. The van der Waals surface area contributed by atoms with Crippen LogP contribution in [0.25, 0.3) is 0 Å². The highest BCUT2D eigenvalue weighted by molar-refractivity contribution is 7.91. The summed E-state index contributed by atoms with van der Waals surface area (Å²) >= 11 is 0. The molecule has 0 bridgehead atoms. The first-order chi connectivity index (χ1) is 7.58. The van der Waals surface area contributed by atoms with Gasteiger partial charge in [-0.25, -0.2) is 8.42 Å². The Hall–Kier alpha value is -1.07. The van der Waals surface area contributed by atoms with Crippen molar-refractivity contribution in [1.29, 1.82) is 0 Å². The van der Waals surface area contributed by atoms with Crippen LogP contribution >= 0.6 is 0 Å². The lowest BCUT2D eigenvalue weighted by molar-refractivity contribution is 0.281. The number of sulfone groups is 1. The normalized spacial score (nSPS) is 22.2. The molecule has 0 saturated carbocycles. The number of nitrogens with one attached hydrogen (secondary N) is 1. The molecule has 4 nitrogen and oxygen atoms in total. The van der Waals surface area contributed by atoms with Crippen LogP contribution in [0.2, 0.25) is 0 Å². The topological polar surface area (TPSA) is 66.4 Å². The summed E-state index contributed by atoms with van der Waals surface area (Å²) in [6.07, 6.45) is 0.768. The van der Waals surface area contributed by atoms with Gasteiger partial charge >= 0.3 is 0 Å². The molecule has 1 atom stereocenters. The zero-order chi connectivity index (χ0) is 11.8. The molecule has 16 heavy (non-hydrogen) atoms. The molecule has 0 amide bonds. The van der Waals surface area contributed by atoms with Crippen molar-refractivity contribution in [2.75, 3.05) is 17.7 Å². The lowest BCUT2D eigenvalue weighted by Gasteiger charge is -2.27. The molecular weight excluding hydrogens is 226 g/mol. The third-order valence-electron chi connectivity index (χ3n) is 2.82. The van der Waals surface area contributed by atoms with Crippen LogP contribution in [0.4, 0.5) is 5.69 Å². The standard InChI is InChI=1S/C11H15NO3S/c1-2-8-4-3-5-10-11(8)12-9(6-13)7-16(10,14)15/h3-5,9,12-13H,2,6-7H2,1H3. The quantitative estimate of drug-likeness (QED) is 0.804. The van der Waals surface area contributed by atoms with E-state index in [1.165, 1.54) is 0 Å². The molecule has 0 aromatic heterocycles. The molecule has 0 saturated heterocycles. The molecule has 2 rings (SSSR count). The molecule has 2 N–H and O–H groups in total. The number of benzene rings is 1. The zero-order valence-corrected chi connectivity index (χ0v) is 9.92. The number of hydrogen-bond acceptors (Lipinski definition) is 4. The second-order valence-electron chi connectivity index (χ2n) is 3.95. The summed E-state index contributed by atoms with van der Waals surface area (Å²) in [6, 6.07) is 4.88. The minimum absolute atomic E-state index is 0.0380. The monoisotopic (exact) mass is 241 g/mol. The average Bonchev–Trinajstić information content (AvgIpc) is 2.27. The predicted octanol–water partition coefficient (Wildman–Crippen LogP) is 0.809. The second kappa shape index (κ2) is 4.07. The molecule has 1 aliphatic heterocycles. The van der Waals surface area contributed by atoms with Gasteiger partial charge in [-0.3, -0.25) is 0 Å². The number of anilines is 1. The van der Waals surface area contributed by atoms with Crippen molar-refractivity contribution in [3.05, 3.63) is 23.8 Å². The Labute approximate surface area is 95.2 Å². The summed E-state index contributed by atoms with van der Waals surface area (Å²) in [5.74, 6) is -0.0380. The Bertz CT molecular complexity index is 496. The van der Waals surface area contributed by atoms with Crippen LogP contribution in [-0.4, -0.2) is 31.9 Å². The van der Waals surface area contributed by atoms with Crippen LogP contribution in [0.3, 0.4) is 0 Å². The van der Waals surface area contributed by atoms with E-state index in [2.05, 4.69) is 5.32 Å². The van der Waals surface area contributed by atoms with Crippen LogP contribution in [0.1, 0.15) is 12.5 Å². The molecule has 0 aliphatic carbocycles. The molecule has 0 radical (unpaired) electrons. The summed E-state index contributed by atoms with van der Waals surface area (Å²) in [4.78, 5) is 0.358. The SMILES string of the molecule is CCc1cccc2c1NC(CO)CS2(=O)=O. The highest BCUT2D eigenvalue weighted by atomic mass is 32.2. The summed E-state index contributed by atoms with van der Waals surface area (Å²) in [6.45, 7) is 1.81. The van der Waals surface area contributed by atoms with Gasteiger partial charge in [0, 0.05) is 0 Å².